The van der Waals surface area contributed by atoms with Gasteiger partial charge in [-0.05, 0) is 155 Å². The quantitative estimate of drug-likeness (QED) is 0.145. The van der Waals surface area contributed by atoms with Crippen molar-refractivity contribution in [3.05, 3.63) is 356 Å². The van der Waals surface area contributed by atoms with E-state index in [0.29, 0.717) is 0 Å². The van der Waals surface area contributed by atoms with E-state index in [2.05, 4.69) is 378 Å². The van der Waals surface area contributed by atoms with Gasteiger partial charge in [0.2, 0.25) is 0 Å². The monoisotopic (exact) mass is 1540 g/mol. The van der Waals surface area contributed by atoms with Crippen molar-refractivity contribution < 1.29 is 0 Å². The number of fused-ring (bicyclic) bond motifs is 14. The molecule has 101 heavy (non-hydrogen) atoms. The second-order valence-corrected chi connectivity index (χ2v) is 29.9. The Bertz CT molecular complexity index is 6400. The minimum atomic E-state index is 0. The Morgan fingerprint density at radius 1 is 0.257 bits per heavy atom. The summed E-state index contributed by atoms with van der Waals surface area (Å²) in [5.74, 6) is 0. The van der Waals surface area contributed by atoms with Crippen LogP contribution in [0.4, 0.5) is 28.4 Å². The summed E-state index contributed by atoms with van der Waals surface area (Å²) in [6.45, 7) is 0. The number of nitrogens with zero attached hydrogens (tertiary/aromatic N) is 1. The molecule has 0 bridgehead atoms. The van der Waals surface area contributed by atoms with E-state index in [4.69, 9.17) is 0 Å². The van der Waals surface area contributed by atoms with Gasteiger partial charge in [-0.2, -0.15) is 0 Å². The largest absolute Gasteiger partial charge is 0.354 e. The molecule has 20 rings (SSSR count). The van der Waals surface area contributed by atoms with Gasteiger partial charge < -0.3 is 10.2 Å². The van der Waals surface area contributed by atoms with Crippen LogP contribution >= 0.6 is 85.3 Å². The van der Waals surface area contributed by atoms with Crippen molar-refractivity contribution in [2.45, 2.75) is 7.43 Å². The first-order valence-electron chi connectivity index (χ1n) is 33.2. The van der Waals surface area contributed by atoms with Crippen molar-refractivity contribution in [3.63, 3.8) is 0 Å². The van der Waals surface area contributed by atoms with Crippen LogP contribution in [-0.4, -0.2) is 0 Å². The average Bonchev–Trinajstić information content (AvgIpc) is 1.64. The predicted octanol–water partition coefficient (Wildman–Crippen LogP) is 30.7. The first kappa shape index (κ1) is 65.3. The zero-order valence-electron chi connectivity index (χ0n) is 53.9. The Labute approximate surface area is 628 Å². The number of benzene rings is 16. The summed E-state index contributed by atoms with van der Waals surface area (Å²) in [7, 11) is 0. The van der Waals surface area contributed by atoms with Gasteiger partial charge in [-0.25, -0.2) is 0 Å². The van der Waals surface area contributed by atoms with Gasteiger partial charge in [0.15, 0.2) is 0 Å². The lowest BCUT2D eigenvalue weighted by molar-refractivity contribution is 1.32. The Balaban J connectivity index is 0.000000129. The van der Waals surface area contributed by atoms with Gasteiger partial charge in [-0.15, -0.1) is 69.3 Å². The lowest BCUT2D eigenvalue weighted by Gasteiger charge is -2.27. The van der Waals surface area contributed by atoms with Crippen LogP contribution in [0.1, 0.15) is 7.43 Å². The average molecular weight is 1540 g/mol. The summed E-state index contributed by atoms with van der Waals surface area (Å²) in [6.07, 6.45) is 0. The third kappa shape index (κ3) is 12.4. The smallest absolute Gasteiger partial charge is 0.0640 e. The van der Waals surface area contributed by atoms with Crippen LogP contribution in [0.15, 0.2) is 356 Å². The first-order chi connectivity index (χ1) is 49.0. The fourth-order valence-corrected chi connectivity index (χ4v) is 19.5. The zero-order valence-corrected chi connectivity index (χ0v) is 61.0. The number of halogens is 2. The van der Waals surface area contributed by atoms with Crippen molar-refractivity contribution in [2.24, 2.45) is 0 Å². The summed E-state index contributed by atoms with van der Waals surface area (Å²) in [4.78, 5) is 2.49. The van der Waals surface area contributed by atoms with Crippen LogP contribution in [0.25, 0.3) is 147 Å². The molecule has 4 aromatic heterocycles. The van der Waals surface area contributed by atoms with Gasteiger partial charge in [0.05, 0.1) is 31.2 Å². The maximum absolute atomic E-state index is 3.65. The third-order valence-electron chi connectivity index (χ3n) is 18.9. The molecule has 0 aliphatic carbocycles. The van der Waals surface area contributed by atoms with Crippen LogP contribution in [0.5, 0.6) is 0 Å². The summed E-state index contributed by atoms with van der Waals surface area (Å²) < 4.78 is 11.7. The Morgan fingerprint density at radius 2 is 0.624 bits per heavy atom. The van der Waals surface area contributed by atoms with E-state index < -0.39 is 0 Å². The molecule has 0 fully saturated rings. The molecule has 0 saturated heterocycles. The Morgan fingerprint density at radius 3 is 1.16 bits per heavy atom. The van der Waals surface area contributed by atoms with Crippen LogP contribution < -0.4 is 10.2 Å². The molecule has 484 valence electrons. The standard InChI is InChI=1S/C46H29NS2.C28H19NS.C18H11BrS.CH4.HI/c1-2-11-30(12-3-1)33-25-28-38-40-19-10-21-42(46(40)49-44(38)29-33)47(41-20-9-18-39-37-16-6-7-22-43(37)48-45(39)41)34-26-23-32(24-27-34)36-17-8-14-31-13-4-5-15-35(31)36;1-2-9-22-19(7-1)8-5-11-23(22)20-15-17-21(18-16-20)29-26-13-6-12-25-24-10-3-4-14-27(24)30-28(25)26;19-16-8-4-7-15-14-10-9-13(11-17(14)20-18(15)16)12-5-2-1-3-6-12;;/h1-29H;1-18,29H;1-11H;1H4;1H. The fraction of sp³-hybridized carbons (Fsp3) is 0.0108. The Kier molecular flexibility index (Phi) is 18.4. The van der Waals surface area contributed by atoms with Gasteiger partial charge in [0.1, 0.15) is 0 Å². The van der Waals surface area contributed by atoms with Crippen molar-refractivity contribution in [1.29, 1.82) is 0 Å². The molecule has 0 unspecified atom stereocenters. The maximum Gasteiger partial charge on any atom is 0.0640 e. The van der Waals surface area contributed by atoms with Crippen LogP contribution in [-0.2, 0) is 0 Å². The van der Waals surface area contributed by atoms with E-state index >= 15 is 0 Å². The van der Waals surface area contributed by atoms with Gasteiger partial charge in [0.25, 0.3) is 0 Å². The lowest BCUT2D eigenvalue weighted by Crippen LogP contribution is -2.10. The molecule has 2 nitrogen and oxygen atoms in total. The molecule has 0 radical (unpaired) electrons. The normalized spacial score (nSPS) is 11.3. The van der Waals surface area contributed by atoms with Crippen molar-refractivity contribution in [2.75, 3.05) is 10.2 Å². The topological polar surface area (TPSA) is 15.3 Å². The third-order valence-corrected chi connectivity index (χ3v) is 24.6. The zero-order chi connectivity index (χ0) is 65.8. The summed E-state index contributed by atoms with van der Waals surface area (Å²) in [6, 6.07) is 127. The summed E-state index contributed by atoms with van der Waals surface area (Å²) >= 11 is 11.1. The molecule has 0 saturated carbocycles. The molecule has 1 N–H and O–H groups in total. The van der Waals surface area contributed by atoms with Crippen LogP contribution in [0, 0.1) is 0 Å². The first-order valence-corrected chi connectivity index (χ1v) is 37.3. The second kappa shape index (κ2) is 28.4. The molecule has 16 aromatic carbocycles. The molecule has 4 heterocycles. The van der Waals surface area contributed by atoms with Gasteiger partial charge >= 0.3 is 0 Å². The lowest BCUT2D eigenvalue weighted by atomic mass is 9.98. The van der Waals surface area contributed by atoms with Gasteiger partial charge in [-0.3, -0.25) is 0 Å². The molecular weight excluding hydrogens is 1480 g/mol. The number of hydrogen-bond acceptors (Lipinski definition) is 6. The van der Waals surface area contributed by atoms with Crippen molar-refractivity contribution >= 4 is 216 Å². The van der Waals surface area contributed by atoms with E-state index in [1.807, 2.05) is 45.3 Å². The van der Waals surface area contributed by atoms with E-state index in [1.54, 1.807) is 0 Å². The highest BCUT2D eigenvalue weighted by Gasteiger charge is 2.23. The van der Waals surface area contributed by atoms with E-state index in [0.717, 1.165) is 17.1 Å². The number of rotatable bonds is 9. The minimum absolute atomic E-state index is 0. The minimum Gasteiger partial charge on any atom is -0.354 e. The van der Waals surface area contributed by atoms with Crippen molar-refractivity contribution in [3.8, 4) is 44.5 Å². The van der Waals surface area contributed by atoms with Crippen LogP contribution in [0.3, 0.4) is 0 Å². The molecule has 20 aromatic rings. The molecule has 0 aliphatic rings. The van der Waals surface area contributed by atoms with Gasteiger partial charge in [-0.1, -0.05) is 286 Å². The highest BCUT2D eigenvalue weighted by atomic mass is 127. The number of hydrogen-bond donors (Lipinski definition) is 1. The number of thiophene rings is 4. The van der Waals surface area contributed by atoms with Crippen molar-refractivity contribution in [1.82, 2.24) is 0 Å². The molecule has 0 atom stereocenters. The van der Waals surface area contributed by atoms with E-state index in [-0.39, 0.29) is 31.4 Å². The fourth-order valence-electron chi connectivity index (χ4n) is 14.1. The predicted molar refractivity (Wildman–Crippen MR) is 462 cm³/mol. The van der Waals surface area contributed by atoms with Crippen LogP contribution in [0.2, 0.25) is 0 Å². The molecule has 0 amide bonds. The number of anilines is 5. The molecule has 0 aliphatic heterocycles. The summed E-state index contributed by atoms with van der Waals surface area (Å²) in [5.41, 5.74) is 15.8. The molecule has 0 spiro atoms. The number of nitrogens with one attached hydrogen (secondary N) is 1. The highest BCUT2D eigenvalue weighted by Crippen LogP contribution is 2.50. The van der Waals surface area contributed by atoms with E-state index in [1.165, 1.54) is 163 Å². The molecule has 8 heteroatoms. The molecular formula is C93H64BrIN2S4. The SMILES string of the molecule is Brc1cccc2c1sc1cc(-c3ccccc3)ccc12.C.I.c1ccc(-c2ccc3c(c2)sc2c(N(c4ccc(-c5cccc6ccccc56)cc4)c4cccc5c4sc4ccccc45)cccc23)cc1.c1ccc2c(-c3ccc(Nc4cccc5c4sc4ccccc45)cc3)cccc2c1. The second-order valence-electron chi connectivity index (χ2n) is 24.8. The summed E-state index contributed by atoms with van der Waals surface area (Å²) in [5, 5.41) is 19.2. The Hall–Kier alpha value is -10.3. The van der Waals surface area contributed by atoms with E-state index in [9.17, 15) is 0 Å². The van der Waals surface area contributed by atoms with Gasteiger partial charge in [0, 0.05) is 82.4 Å². The maximum atomic E-state index is 3.65. The highest BCUT2D eigenvalue weighted by molar-refractivity contribution is 14.0.